The van der Waals surface area contributed by atoms with Crippen LogP contribution in [0.2, 0.25) is 0 Å². The summed E-state index contributed by atoms with van der Waals surface area (Å²) in [5.74, 6) is 0. The molecule has 84 valence electrons. The molecule has 0 amide bonds. The van der Waals surface area contributed by atoms with E-state index in [4.69, 9.17) is 5.73 Å². The Morgan fingerprint density at radius 3 is 2.50 bits per heavy atom. The summed E-state index contributed by atoms with van der Waals surface area (Å²) in [7, 11) is 0. The molecule has 0 aromatic rings. The minimum absolute atomic E-state index is 0.372. The van der Waals surface area contributed by atoms with Gasteiger partial charge < -0.3 is 15.7 Å². The molecule has 1 atom stereocenters. The van der Waals surface area contributed by atoms with Crippen LogP contribution in [0, 0.1) is 0 Å². The summed E-state index contributed by atoms with van der Waals surface area (Å²) in [6.45, 7) is 5.93. The van der Waals surface area contributed by atoms with Crippen LogP contribution in [-0.2, 0) is 0 Å². The zero-order valence-corrected chi connectivity index (χ0v) is 9.34. The molecule has 0 saturated carbocycles. The fourth-order valence-electron chi connectivity index (χ4n) is 1.95. The number of nitrogens with two attached hydrogens (primary N) is 1. The third-order valence-electron chi connectivity index (χ3n) is 3.08. The molecule has 1 rings (SSSR count). The third kappa shape index (κ3) is 4.40. The first-order valence-electron chi connectivity index (χ1n) is 5.79. The summed E-state index contributed by atoms with van der Waals surface area (Å²) in [4.78, 5) is 2.51. The Hall–Kier alpha value is -0.120. The van der Waals surface area contributed by atoms with E-state index in [1.54, 1.807) is 0 Å². The predicted molar refractivity (Wildman–Crippen MR) is 59.2 cm³/mol. The highest BCUT2D eigenvalue weighted by molar-refractivity contribution is 4.73. The summed E-state index contributed by atoms with van der Waals surface area (Å²) in [5, 5.41) is 9.68. The number of nitrogens with zero attached hydrogens (tertiary/aromatic N) is 1. The second-order valence-electron chi connectivity index (χ2n) is 4.71. The largest absolute Gasteiger partial charge is 0.389 e. The Morgan fingerprint density at radius 2 is 1.93 bits per heavy atom. The fourth-order valence-corrected chi connectivity index (χ4v) is 1.95. The Balaban J connectivity index is 1.98. The number of likely N-dealkylation sites (tertiary alicyclic amines) is 1. The normalized spacial score (nSPS) is 22.5. The van der Waals surface area contributed by atoms with Crippen molar-refractivity contribution in [2.24, 2.45) is 5.73 Å². The van der Waals surface area contributed by atoms with Gasteiger partial charge in [0, 0.05) is 6.54 Å². The van der Waals surface area contributed by atoms with E-state index < -0.39 is 5.60 Å². The molecular formula is C11H24N2O. The summed E-state index contributed by atoms with van der Waals surface area (Å²) >= 11 is 0. The Labute approximate surface area is 87.3 Å². The van der Waals surface area contributed by atoms with Crippen LogP contribution in [0.15, 0.2) is 0 Å². The van der Waals surface area contributed by atoms with Gasteiger partial charge in [-0.05, 0) is 58.7 Å². The van der Waals surface area contributed by atoms with Gasteiger partial charge in [-0.1, -0.05) is 0 Å². The van der Waals surface area contributed by atoms with Crippen LogP contribution in [0.4, 0.5) is 0 Å². The molecule has 0 bridgehead atoms. The van der Waals surface area contributed by atoms with Crippen LogP contribution in [0.5, 0.6) is 0 Å². The fraction of sp³-hybridized carbons (Fsp3) is 1.00. The lowest BCUT2D eigenvalue weighted by Gasteiger charge is -2.21. The smallest absolute Gasteiger partial charge is 0.0741 e. The molecule has 1 aliphatic rings. The molecule has 0 radical (unpaired) electrons. The molecule has 3 N–H and O–H groups in total. The maximum absolute atomic E-state index is 9.68. The highest BCUT2D eigenvalue weighted by Crippen LogP contribution is 2.13. The second-order valence-corrected chi connectivity index (χ2v) is 4.71. The van der Waals surface area contributed by atoms with Crippen LogP contribution in [0.3, 0.4) is 0 Å². The predicted octanol–water partition coefficient (Wildman–Crippen LogP) is 0.962. The number of aliphatic hydroxyl groups is 1. The van der Waals surface area contributed by atoms with E-state index in [0.717, 1.165) is 12.8 Å². The minimum atomic E-state index is -0.648. The molecular weight excluding hydrogens is 176 g/mol. The standard InChI is InChI=1S/C11H24N2O/c1-11(14,10-12)6-2-3-7-13-8-4-5-9-13/h14H,2-10,12H2,1H3. The summed E-state index contributed by atoms with van der Waals surface area (Å²) in [6.07, 6.45) is 5.83. The van der Waals surface area contributed by atoms with Crippen LogP contribution in [0.25, 0.3) is 0 Å². The zero-order valence-electron chi connectivity index (χ0n) is 9.34. The topological polar surface area (TPSA) is 49.5 Å². The monoisotopic (exact) mass is 200 g/mol. The van der Waals surface area contributed by atoms with Crippen molar-refractivity contribution in [3.8, 4) is 0 Å². The Bertz CT molecular complexity index is 153. The molecule has 1 unspecified atom stereocenters. The molecule has 0 aromatic carbocycles. The number of unbranched alkanes of at least 4 members (excludes halogenated alkanes) is 1. The Kier molecular flexibility index (Phi) is 4.85. The van der Waals surface area contributed by atoms with Crippen molar-refractivity contribution < 1.29 is 5.11 Å². The van der Waals surface area contributed by atoms with Crippen molar-refractivity contribution in [1.82, 2.24) is 4.90 Å². The molecule has 3 nitrogen and oxygen atoms in total. The lowest BCUT2D eigenvalue weighted by molar-refractivity contribution is 0.0566. The van der Waals surface area contributed by atoms with Gasteiger partial charge in [-0.25, -0.2) is 0 Å². The van der Waals surface area contributed by atoms with Gasteiger partial charge in [-0.2, -0.15) is 0 Å². The highest BCUT2D eigenvalue weighted by Gasteiger charge is 2.17. The molecule has 0 aromatic heterocycles. The number of hydrogen-bond donors (Lipinski definition) is 2. The molecule has 0 aliphatic carbocycles. The number of hydrogen-bond acceptors (Lipinski definition) is 3. The van der Waals surface area contributed by atoms with Gasteiger partial charge >= 0.3 is 0 Å². The van der Waals surface area contributed by atoms with Gasteiger partial charge in [0.1, 0.15) is 0 Å². The first-order chi connectivity index (χ1) is 6.64. The van der Waals surface area contributed by atoms with Crippen molar-refractivity contribution in [1.29, 1.82) is 0 Å². The summed E-state index contributed by atoms with van der Waals surface area (Å²) in [6, 6.07) is 0. The highest BCUT2D eigenvalue weighted by atomic mass is 16.3. The maximum Gasteiger partial charge on any atom is 0.0741 e. The van der Waals surface area contributed by atoms with E-state index in [1.165, 1.54) is 38.9 Å². The third-order valence-corrected chi connectivity index (χ3v) is 3.08. The van der Waals surface area contributed by atoms with E-state index in [-0.39, 0.29) is 0 Å². The Morgan fingerprint density at radius 1 is 1.29 bits per heavy atom. The molecule has 1 fully saturated rings. The van der Waals surface area contributed by atoms with Gasteiger partial charge in [0.05, 0.1) is 5.60 Å². The van der Waals surface area contributed by atoms with Crippen LogP contribution >= 0.6 is 0 Å². The summed E-state index contributed by atoms with van der Waals surface area (Å²) < 4.78 is 0. The molecule has 1 aliphatic heterocycles. The first-order valence-corrected chi connectivity index (χ1v) is 5.79. The van der Waals surface area contributed by atoms with E-state index in [1.807, 2.05) is 6.92 Å². The van der Waals surface area contributed by atoms with E-state index >= 15 is 0 Å². The van der Waals surface area contributed by atoms with Crippen LogP contribution < -0.4 is 5.73 Å². The average molecular weight is 200 g/mol. The zero-order chi connectivity index (χ0) is 10.4. The van der Waals surface area contributed by atoms with Crippen molar-refractivity contribution in [2.45, 2.75) is 44.6 Å². The van der Waals surface area contributed by atoms with E-state index in [2.05, 4.69) is 4.90 Å². The van der Waals surface area contributed by atoms with E-state index in [0.29, 0.717) is 6.54 Å². The van der Waals surface area contributed by atoms with E-state index in [9.17, 15) is 5.11 Å². The molecule has 3 heteroatoms. The van der Waals surface area contributed by atoms with Gasteiger partial charge in [0.25, 0.3) is 0 Å². The second kappa shape index (κ2) is 5.69. The van der Waals surface area contributed by atoms with Gasteiger partial charge in [0.15, 0.2) is 0 Å². The quantitative estimate of drug-likeness (QED) is 0.628. The SMILES string of the molecule is CC(O)(CN)CCCCN1CCCC1. The lowest BCUT2D eigenvalue weighted by Crippen LogP contribution is -2.34. The van der Waals surface area contributed by atoms with Crippen molar-refractivity contribution in [3.63, 3.8) is 0 Å². The van der Waals surface area contributed by atoms with Crippen molar-refractivity contribution in [3.05, 3.63) is 0 Å². The minimum Gasteiger partial charge on any atom is -0.389 e. The van der Waals surface area contributed by atoms with Crippen molar-refractivity contribution in [2.75, 3.05) is 26.2 Å². The molecule has 1 saturated heterocycles. The van der Waals surface area contributed by atoms with Gasteiger partial charge in [0.2, 0.25) is 0 Å². The maximum atomic E-state index is 9.68. The lowest BCUT2D eigenvalue weighted by atomic mass is 9.99. The van der Waals surface area contributed by atoms with Gasteiger partial charge in [-0.15, -0.1) is 0 Å². The molecule has 0 spiro atoms. The number of rotatable bonds is 6. The van der Waals surface area contributed by atoms with Gasteiger partial charge in [-0.3, -0.25) is 0 Å². The van der Waals surface area contributed by atoms with Crippen molar-refractivity contribution >= 4 is 0 Å². The average Bonchev–Trinajstić information content (AvgIpc) is 2.65. The summed E-state index contributed by atoms with van der Waals surface area (Å²) in [5.41, 5.74) is 4.80. The van der Waals surface area contributed by atoms with Crippen LogP contribution in [0.1, 0.15) is 39.0 Å². The molecule has 14 heavy (non-hydrogen) atoms. The molecule has 1 heterocycles. The van der Waals surface area contributed by atoms with Crippen LogP contribution in [-0.4, -0.2) is 41.8 Å². The first kappa shape index (κ1) is 12.0.